The number of aromatic nitrogens is 2. The number of hydrogen-bond acceptors (Lipinski definition) is 7. The van der Waals surface area contributed by atoms with Crippen LogP contribution in [0.25, 0.3) is 0 Å². The zero-order valence-corrected chi connectivity index (χ0v) is 12.3. The molecule has 7 heteroatoms. The molecule has 2 aliphatic heterocycles. The molecule has 0 atom stereocenters. The Hall–Kier alpha value is -1.57. The van der Waals surface area contributed by atoms with Gasteiger partial charge in [0.25, 0.3) is 0 Å². The number of nitrogens with zero attached hydrogens (tertiary/aromatic N) is 2. The molecule has 1 N–H and O–H groups in total. The van der Waals surface area contributed by atoms with E-state index in [4.69, 9.17) is 14.2 Å². The van der Waals surface area contributed by atoms with E-state index in [9.17, 15) is 4.79 Å². The van der Waals surface area contributed by atoms with Gasteiger partial charge in [-0.3, -0.25) is 0 Å². The van der Waals surface area contributed by atoms with Crippen molar-refractivity contribution in [2.24, 2.45) is 0 Å². The maximum Gasteiger partial charge on any atom is 0.357 e. The van der Waals surface area contributed by atoms with Crippen LogP contribution >= 0.6 is 0 Å². The van der Waals surface area contributed by atoms with Crippen molar-refractivity contribution in [1.82, 2.24) is 15.3 Å². The van der Waals surface area contributed by atoms with Crippen LogP contribution in [0.15, 0.2) is 0 Å². The highest BCUT2D eigenvalue weighted by Crippen LogP contribution is 2.34. The molecule has 0 aliphatic carbocycles. The molecule has 1 fully saturated rings. The lowest BCUT2D eigenvalue weighted by atomic mass is 9.92. The maximum absolute atomic E-state index is 12.0. The standard InChI is InChI=1S/C14H19N3O4/c1-19-12(18)11-9-7-15-8-10(9)16-13(17-11)14(20-2)3-5-21-6-4-14/h15H,3-8H2,1-2H3. The minimum absolute atomic E-state index is 0.338. The third kappa shape index (κ3) is 2.41. The Bertz CT molecular complexity index is 555. The zero-order valence-electron chi connectivity index (χ0n) is 12.3. The molecular weight excluding hydrogens is 274 g/mol. The molecule has 1 saturated heterocycles. The van der Waals surface area contributed by atoms with Crippen molar-refractivity contribution in [1.29, 1.82) is 0 Å². The summed E-state index contributed by atoms with van der Waals surface area (Å²) < 4.78 is 16.0. The summed E-state index contributed by atoms with van der Waals surface area (Å²) in [4.78, 5) is 21.1. The summed E-state index contributed by atoms with van der Waals surface area (Å²) in [5.41, 5.74) is 1.43. The first-order chi connectivity index (χ1) is 10.2. The van der Waals surface area contributed by atoms with Crippen LogP contribution in [-0.4, -0.2) is 43.4 Å². The Kier molecular flexibility index (Phi) is 3.88. The van der Waals surface area contributed by atoms with Gasteiger partial charge in [0, 0.05) is 51.8 Å². The summed E-state index contributed by atoms with van der Waals surface area (Å²) in [6.45, 7) is 2.41. The van der Waals surface area contributed by atoms with Gasteiger partial charge in [0.15, 0.2) is 11.5 Å². The van der Waals surface area contributed by atoms with E-state index in [1.54, 1.807) is 7.11 Å². The van der Waals surface area contributed by atoms with Gasteiger partial charge in [-0.15, -0.1) is 0 Å². The van der Waals surface area contributed by atoms with Gasteiger partial charge >= 0.3 is 5.97 Å². The second-order valence-corrected chi connectivity index (χ2v) is 5.23. The number of esters is 1. The zero-order chi connectivity index (χ0) is 14.9. The predicted molar refractivity (Wildman–Crippen MR) is 72.7 cm³/mol. The SMILES string of the molecule is COC(=O)c1nc(C2(OC)CCOCC2)nc2c1CNC2. The van der Waals surface area contributed by atoms with Gasteiger partial charge in [-0.2, -0.15) is 0 Å². The summed E-state index contributed by atoms with van der Waals surface area (Å²) in [5, 5.41) is 3.19. The highest BCUT2D eigenvalue weighted by molar-refractivity contribution is 5.89. The van der Waals surface area contributed by atoms with Crippen LogP contribution in [0.3, 0.4) is 0 Å². The van der Waals surface area contributed by atoms with Crippen molar-refractivity contribution >= 4 is 5.97 Å². The van der Waals surface area contributed by atoms with Crippen molar-refractivity contribution in [3.05, 3.63) is 22.8 Å². The van der Waals surface area contributed by atoms with E-state index in [2.05, 4.69) is 15.3 Å². The molecule has 0 amide bonds. The number of fused-ring (bicyclic) bond motifs is 1. The molecule has 0 spiro atoms. The molecule has 3 heterocycles. The molecule has 114 valence electrons. The van der Waals surface area contributed by atoms with Crippen LogP contribution in [0.4, 0.5) is 0 Å². The van der Waals surface area contributed by atoms with E-state index < -0.39 is 11.6 Å². The van der Waals surface area contributed by atoms with Crippen molar-refractivity contribution in [3.63, 3.8) is 0 Å². The monoisotopic (exact) mass is 293 g/mol. The van der Waals surface area contributed by atoms with Crippen LogP contribution in [0.2, 0.25) is 0 Å². The molecular formula is C14H19N3O4. The van der Waals surface area contributed by atoms with E-state index in [0.29, 0.717) is 50.7 Å². The fraction of sp³-hybridized carbons (Fsp3) is 0.643. The lowest BCUT2D eigenvalue weighted by molar-refractivity contribution is -0.100. The van der Waals surface area contributed by atoms with Gasteiger partial charge in [0.05, 0.1) is 12.8 Å². The molecule has 7 nitrogen and oxygen atoms in total. The summed E-state index contributed by atoms with van der Waals surface area (Å²) in [7, 11) is 3.01. The lowest BCUT2D eigenvalue weighted by Gasteiger charge is -2.34. The average molecular weight is 293 g/mol. The number of carbonyl (C=O) groups is 1. The van der Waals surface area contributed by atoms with E-state index in [1.165, 1.54) is 7.11 Å². The molecule has 2 aliphatic rings. The highest BCUT2D eigenvalue weighted by atomic mass is 16.5. The molecule has 0 aromatic carbocycles. The van der Waals surface area contributed by atoms with Crippen LogP contribution < -0.4 is 5.32 Å². The number of ether oxygens (including phenoxy) is 3. The van der Waals surface area contributed by atoms with E-state index in [0.717, 1.165) is 11.3 Å². The number of methoxy groups -OCH3 is 2. The first-order valence-electron chi connectivity index (χ1n) is 7.02. The third-order valence-electron chi connectivity index (χ3n) is 4.16. The average Bonchev–Trinajstić information content (AvgIpc) is 3.02. The smallest absolute Gasteiger partial charge is 0.357 e. The summed E-state index contributed by atoms with van der Waals surface area (Å²) in [5.74, 6) is 0.119. The molecule has 0 radical (unpaired) electrons. The highest BCUT2D eigenvalue weighted by Gasteiger charge is 2.39. The largest absolute Gasteiger partial charge is 0.464 e. The fourth-order valence-electron chi connectivity index (χ4n) is 2.86. The number of rotatable bonds is 3. The fourth-order valence-corrected chi connectivity index (χ4v) is 2.86. The predicted octanol–water partition coefficient (Wildman–Crippen LogP) is 0.518. The number of carbonyl (C=O) groups excluding carboxylic acids is 1. The maximum atomic E-state index is 12.0. The first kappa shape index (κ1) is 14.4. The molecule has 1 aromatic heterocycles. The van der Waals surface area contributed by atoms with Crippen molar-refractivity contribution in [2.75, 3.05) is 27.4 Å². The van der Waals surface area contributed by atoms with Crippen LogP contribution in [0, 0.1) is 0 Å². The first-order valence-corrected chi connectivity index (χ1v) is 7.02. The minimum Gasteiger partial charge on any atom is -0.464 e. The van der Waals surface area contributed by atoms with Gasteiger partial charge in [-0.25, -0.2) is 14.8 Å². The number of hydrogen-bond donors (Lipinski definition) is 1. The minimum atomic E-state index is -0.585. The summed E-state index contributed by atoms with van der Waals surface area (Å²) >= 11 is 0. The normalized spacial score (nSPS) is 20.1. The van der Waals surface area contributed by atoms with Gasteiger partial charge in [0.1, 0.15) is 5.60 Å². The molecule has 3 rings (SSSR count). The van der Waals surface area contributed by atoms with E-state index in [1.807, 2.05) is 0 Å². The Labute approximate surface area is 123 Å². The summed E-state index contributed by atoms with van der Waals surface area (Å²) in [6.07, 6.45) is 1.35. The van der Waals surface area contributed by atoms with Gasteiger partial charge < -0.3 is 19.5 Å². The van der Waals surface area contributed by atoms with Crippen LogP contribution in [0.1, 0.15) is 40.4 Å². The van der Waals surface area contributed by atoms with Crippen molar-refractivity contribution in [3.8, 4) is 0 Å². The quantitative estimate of drug-likeness (QED) is 0.813. The molecule has 0 unspecified atom stereocenters. The van der Waals surface area contributed by atoms with Crippen molar-refractivity contribution < 1.29 is 19.0 Å². The number of nitrogens with one attached hydrogen (secondary N) is 1. The Morgan fingerprint density at radius 3 is 2.67 bits per heavy atom. The third-order valence-corrected chi connectivity index (χ3v) is 4.16. The van der Waals surface area contributed by atoms with E-state index >= 15 is 0 Å². The molecule has 21 heavy (non-hydrogen) atoms. The van der Waals surface area contributed by atoms with Crippen LogP contribution in [0.5, 0.6) is 0 Å². The Morgan fingerprint density at radius 2 is 2.00 bits per heavy atom. The van der Waals surface area contributed by atoms with Gasteiger partial charge in [-0.05, 0) is 0 Å². The summed E-state index contributed by atoms with van der Waals surface area (Å²) in [6, 6.07) is 0. The molecule has 1 aromatic rings. The molecule has 0 bridgehead atoms. The second kappa shape index (κ2) is 5.67. The van der Waals surface area contributed by atoms with E-state index in [-0.39, 0.29) is 0 Å². The lowest BCUT2D eigenvalue weighted by Crippen LogP contribution is -2.38. The van der Waals surface area contributed by atoms with Gasteiger partial charge in [0.2, 0.25) is 0 Å². The molecule has 0 saturated carbocycles. The Balaban J connectivity index is 2.08. The second-order valence-electron chi connectivity index (χ2n) is 5.23. The topological polar surface area (TPSA) is 82.6 Å². The Morgan fingerprint density at radius 1 is 1.24 bits per heavy atom. The van der Waals surface area contributed by atoms with Crippen molar-refractivity contribution in [2.45, 2.75) is 31.5 Å². The van der Waals surface area contributed by atoms with Gasteiger partial charge in [-0.1, -0.05) is 0 Å². The van der Waals surface area contributed by atoms with Crippen LogP contribution in [-0.2, 0) is 32.9 Å².